The van der Waals surface area contributed by atoms with Gasteiger partial charge in [-0.1, -0.05) is 6.92 Å². The summed E-state index contributed by atoms with van der Waals surface area (Å²) >= 11 is 0. The van der Waals surface area contributed by atoms with Crippen LogP contribution in [0.2, 0.25) is 0 Å². The molecule has 0 aliphatic rings. The minimum atomic E-state index is -0.745. The van der Waals surface area contributed by atoms with E-state index in [1.807, 2.05) is 0 Å². The summed E-state index contributed by atoms with van der Waals surface area (Å²) in [6.45, 7) is 1.60. The predicted octanol–water partition coefficient (Wildman–Crippen LogP) is -1.35. The molecule has 0 spiro atoms. The molecule has 0 amide bonds. The Balaban J connectivity index is -0.0000000800. The molecule has 38 valence electrons. The van der Waals surface area contributed by atoms with E-state index in [1.165, 1.54) is 0 Å². The van der Waals surface area contributed by atoms with E-state index in [0.29, 0.717) is 0 Å². The Bertz CT molecular complexity index is 48.2. The van der Waals surface area contributed by atoms with Crippen LogP contribution in [0.1, 0.15) is 13.3 Å². The summed E-state index contributed by atoms with van der Waals surface area (Å²) in [7, 11) is 0. The third kappa shape index (κ3) is 20.7. The van der Waals surface area contributed by atoms with Crippen LogP contribution in [0.5, 0.6) is 0 Å². The van der Waals surface area contributed by atoms with Gasteiger partial charge < -0.3 is 5.11 Å². The third-order valence-electron chi connectivity index (χ3n) is 0.302. The fourth-order valence-electron chi connectivity index (χ4n) is 0. The van der Waals surface area contributed by atoms with Gasteiger partial charge in [-0.3, -0.25) is 4.79 Å². The van der Waals surface area contributed by atoms with Crippen molar-refractivity contribution in [2.45, 2.75) is 13.3 Å². The second-order valence-electron chi connectivity index (χ2n) is 0.747. The average Bonchev–Trinajstić information content (AvgIpc) is 1.38. The van der Waals surface area contributed by atoms with Crippen molar-refractivity contribution in [1.29, 1.82) is 0 Å². The number of aliphatic carboxylic acids is 1. The van der Waals surface area contributed by atoms with E-state index in [9.17, 15) is 4.79 Å². The van der Waals surface area contributed by atoms with Gasteiger partial charge in [0.25, 0.3) is 0 Å². The van der Waals surface area contributed by atoms with Gasteiger partial charge in [0.05, 0.1) is 0 Å². The summed E-state index contributed by atoms with van der Waals surface area (Å²) in [5.41, 5.74) is 0. The molecule has 0 aromatic heterocycles. The number of rotatable bonds is 1. The molecule has 0 fully saturated rings. The van der Waals surface area contributed by atoms with Crippen LogP contribution in [0.4, 0.5) is 0 Å². The number of carboxylic acids is 1. The van der Waals surface area contributed by atoms with E-state index in [1.54, 1.807) is 6.92 Å². The Labute approximate surface area is 65.6 Å². The SMILES string of the molecule is CCC(=O)O.[AlH3].[LiH]. The van der Waals surface area contributed by atoms with Crippen LogP contribution in [0.3, 0.4) is 0 Å². The van der Waals surface area contributed by atoms with Crippen LogP contribution in [-0.4, -0.2) is 47.3 Å². The van der Waals surface area contributed by atoms with Crippen molar-refractivity contribution in [3.05, 3.63) is 0 Å². The maximum absolute atomic E-state index is 9.37. The first-order valence-corrected chi connectivity index (χ1v) is 1.49. The van der Waals surface area contributed by atoms with E-state index in [4.69, 9.17) is 5.11 Å². The molecule has 4 heteroatoms. The van der Waals surface area contributed by atoms with Crippen molar-refractivity contribution in [3.63, 3.8) is 0 Å². The fraction of sp³-hybridized carbons (Fsp3) is 0.667. The topological polar surface area (TPSA) is 37.3 Å². The van der Waals surface area contributed by atoms with Gasteiger partial charge in [0.1, 0.15) is 0 Å². The molecule has 0 radical (unpaired) electrons. The standard InChI is InChI=1S/C3H6O2.Al.Li.4H/c1-2-3(4)5;;;;;;/h2H2,1H3,(H,4,5);;;;;;. The molecule has 2 nitrogen and oxygen atoms in total. The zero-order valence-corrected chi connectivity index (χ0v) is 3.06. The summed E-state index contributed by atoms with van der Waals surface area (Å²) in [6, 6.07) is 0. The third-order valence-corrected chi connectivity index (χ3v) is 0.302. The van der Waals surface area contributed by atoms with Gasteiger partial charge in [0, 0.05) is 6.42 Å². The molecule has 0 saturated carbocycles. The van der Waals surface area contributed by atoms with Gasteiger partial charge >= 0.3 is 24.8 Å². The quantitative estimate of drug-likeness (QED) is 0.426. The summed E-state index contributed by atoms with van der Waals surface area (Å²) < 4.78 is 0. The number of hydrogen-bond donors (Lipinski definition) is 1. The molecule has 0 heterocycles. The molecule has 0 atom stereocenters. The Hall–Kier alpha value is 0.600. The monoisotopic (exact) mass is 112 g/mol. The van der Waals surface area contributed by atoms with Crippen molar-refractivity contribution < 1.29 is 9.90 Å². The zero-order valence-electron chi connectivity index (χ0n) is 3.06. The molecule has 0 rings (SSSR count). The van der Waals surface area contributed by atoms with Crippen molar-refractivity contribution in [3.8, 4) is 0 Å². The van der Waals surface area contributed by atoms with Crippen molar-refractivity contribution >= 4 is 42.2 Å². The van der Waals surface area contributed by atoms with Gasteiger partial charge in [0.2, 0.25) is 0 Å². The van der Waals surface area contributed by atoms with Gasteiger partial charge in [-0.15, -0.1) is 0 Å². The van der Waals surface area contributed by atoms with Crippen LogP contribution in [0.15, 0.2) is 0 Å². The van der Waals surface area contributed by atoms with E-state index < -0.39 is 5.97 Å². The van der Waals surface area contributed by atoms with E-state index in [-0.39, 0.29) is 42.6 Å². The first-order valence-electron chi connectivity index (χ1n) is 1.49. The summed E-state index contributed by atoms with van der Waals surface area (Å²) in [4.78, 5) is 9.37. The molecule has 0 unspecified atom stereocenters. The zero-order chi connectivity index (χ0) is 4.28. The molecule has 1 N–H and O–H groups in total. The van der Waals surface area contributed by atoms with Crippen LogP contribution >= 0.6 is 0 Å². The first kappa shape index (κ1) is 15.6. The fourth-order valence-corrected chi connectivity index (χ4v) is 0. The van der Waals surface area contributed by atoms with Crippen molar-refractivity contribution in [2.75, 3.05) is 0 Å². The van der Waals surface area contributed by atoms with Crippen molar-refractivity contribution in [2.24, 2.45) is 0 Å². The molecule has 0 aromatic carbocycles. The normalized spacial score (nSPS) is 5.29. The van der Waals surface area contributed by atoms with E-state index in [2.05, 4.69) is 0 Å². The Morgan fingerprint density at radius 3 is 1.86 bits per heavy atom. The average molecular weight is 112 g/mol. The van der Waals surface area contributed by atoms with Crippen LogP contribution in [0, 0.1) is 0 Å². The summed E-state index contributed by atoms with van der Waals surface area (Å²) in [5.74, 6) is -0.745. The van der Waals surface area contributed by atoms with E-state index in [0.717, 1.165) is 0 Å². The Kier molecular flexibility index (Phi) is 21.9. The molecule has 0 aliphatic carbocycles. The number of carbonyl (C=O) groups is 1. The second kappa shape index (κ2) is 9.78. The molecule has 0 saturated heterocycles. The first-order chi connectivity index (χ1) is 2.27. The molecule has 0 aromatic rings. The second-order valence-corrected chi connectivity index (χ2v) is 0.747. The van der Waals surface area contributed by atoms with Crippen LogP contribution in [-0.2, 0) is 4.79 Å². The van der Waals surface area contributed by atoms with Crippen molar-refractivity contribution in [1.82, 2.24) is 0 Å². The maximum atomic E-state index is 9.37. The van der Waals surface area contributed by atoms with Gasteiger partial charge in [0.15, 0.2) is 17.4 Å². The minimum absolute atomic E-state index is 0. The number of carboxylic acid groups (broad SMARTS) is 1. The molecule has 0 aliphatic heterocycles. The number of hydrogen-bond acceptors (Lipinski definition) is 1. The van der Waals surface area contributed by atoms with Gasteiger partial charge in [-0.25, -0.2) is 0 Å². The summed E-state index contributed by atoms with van der Waals surface area (Å²) in [5, 5.41) is 7.72. The van der Waals surface area contributed by atoms with Gasteiger partial charge in [-0.2, -0.15) is 0 Å². The van der Waals surface area contributed by atoms with E-state index >= 15 is 0 Å². The molecular weight excluding hydrogens is 102 g/mol. The molecular formula is C3H10AlLiO2. The predicted molar refractivity (Wildman–Crippen MR) is 35.0 cm³/mol. The summed E-state index contributed by atoms with van der Waals surface area (Å²) in [6.07, 6.45) is 0.222. The molecule has 0 bridgehead atoms. The Morgan fingerprint density at radius 2 is 1.86 bits per heavy atom. The van der Waals surface area contributed by atoms with Crippen LogP contribution < -0.4 is 0 Å². The Morgan fingerprint density at radius 1 is 1.71 bits per heavy atom. The molecule has 7 heavy (non-hydrogen) atoms. The van der Waals surface area contributed by atoms with Gasteiger partial charge in [-0.05, 0) is 0 Å². The van der Waals surface area contributed by atoms with Crippen LogP contribution in [0.25, 0.3) is 0 Å².